The average Bonchev–Trinajstić information content (AvgIpc) is 2.52. The van der Waals surface area contributed by atoms with Crippen molar-refractivity contribution in [1.29, 1.82) is 10.5 Å². The zero-order valence-corrected chi connectivity index (χ0v) is 14.0. The fourth-order valence-corrected chi connectivity index (χ4v) is 2.35. The van der Waals surface area contributed by atoms with Crippen molar-refractivity contribution in [3.05, 3.63) is 29.3 Å². The monoisotopic (exact) mass is 313 g/mol. The van der Waals surface area contributed by atoms with E-state index in [-0.39, 0.29) is 25.4 Å². The molecule has 0 bridgehead atoms. The number of amides is 1. The fraction of sp³-hybridized carbons (Fsp3) is 0.500. The first-order valence-electron chi connectivity index (χ1n) is 7.74. The normalized spacial score (nSPS) is 10.0. The molecule has 0 fully saturated rings. The molecule has 0 radical (unpaired) electrons. The zero-order chi connectivity index (χ0) is 17.2. The van der Waals surface area contributed by atoms with E-state index in [1.807, 2.05) is 37.3 Å². The van der Waals surface area contributed by atoms with E-state index in [9.17, 15) is 4.79 Å². The van der Waals surface area contributed by atoms with Gasteiger partial charge in [0.15, 0.2) is 6.61 Å². The van der Waals surface area contributed by atoms with Crippen LogP contribution in [0.2, 0.25) is 0 Å². The van der Waals surface area contributed by atoms with Gasteiger partial charge in [0.25, 0.3) is 5.91 Å². The Hall–Kier alpha value is -2.53. The Kier molecular flexibility index (Phi) is 7.63. The minimum Gasteiger partial charge on any atom is -0.484 e. The van der Waals surface area contributed by atoms with Crippen LogP contribution in [0.5, 0.6) is 5.75 Å². The van der Waals surface area contributed by atoms with Gasteiger partial charge in [-0.2, -0.15) is 10.5 Å². The van der Waals surface area contributed by atoms with Crippen LogP contribution in [0.25, 0.3) is 0 Å². The van der Waals surface area contributed by atoms with Gasteiger partial charge in [0.2, 0.25) is 0 Å². The van der Waals surface area contributed by atoms with Crippen molar-refractivity contribution >= 4 is 5.91 Å². The molecule has 1 aromatic rings. The molecule has 5 heteroatoms. The van der Waals surface area contributed by atoms with Crippen LogP contribution in [0, 0.1) is 29.6 Å². The first-order chi connectivity index (χ1) is 11.0. The molecule has 0 saturated heterocycles. The molecule has 0 heterocycles. The Balaban J connectivity index is 2.64. The smallest absolute Gasteiger partial charge is 0.260 e. The Labute approximate surface area is 138 Å². The Morgan fingerprint density at radius 3 is 2.30 bits per heavy atom. The highest BCUT2D eigenvalue weighted by Gasteiger charge is 2.14. The van der Waals surface area contributed by atoms with E-state index in [1.165, 1.54) is 10.5 Å². The minimum absolute atomic E-state index is 0.0860. The molecule has 0 aliphatic heterocycles. The van der Waals surface area contributed by atoms with Crippen LogP contribution in [0.15, 0.2) is 18.2 Å². The van der Waals surface area contributed by atoms with Crippen LogP contribution in [0.4, 0.5) is 0 Å². The van der Waals surface area contributed by atoms with Gasteiger partial charge in [-0.05, 0) is 36.1 Å². The summed E-state index contributed by atoms with van der Waals surface area (Å²) in [4.78, 5) is 13.7. The topological polar surface area (TPSA) is 77.1 Å². The number of ether oxygens (including phenoxy) is 1. The molecule has 0 spiro atoms. The van der Waals surface area contributed by atoms with Crippen molar-refractivity contribution in [3.8, 4) is 17.9 Å². The lowest BCUT2D eigenvalue weighted by Crippen LogP contribution is -2.36. The lowest BCUT2D eigenvalue weighted by atomic mass is 9.98. The Morgan fingerprint density at radius 2 is 1.83 bits per heavy atom. The van der Waals surface area contributed by atoms with Gasteiger partial charge in [-0.25, -0.2) is 0 Å². The summed E-state index contributed by atoms with van der Waals surface area (Å²) in [5, 5.41) is 17.3. The summed E-state index contributed by atoms with van der Waals surface area (Å²) in [5.41, 5.74) is 2.39. The van der Waals surface area contributed by atoms with Crippen molar-refractivity contribution < 1.29 is 9.53 Å². The van der Waals surface area contributed by atoms with Crippen molar-refractivity contribution in [2.24, 2.45) is 0 Å². The Bertz CT molecular complexity index is 594. The maximum Gasteiger partial charge on any atom is 0.260 e. The van der Waals surface area contributed by atoms with Crippen LogP contribution in [-0.4, -0.2) is 30.5 Å². The lowest BCUT2D eigenvalue weighted by Gasteiger charge is -2.20. The summed E-state index contributed by atoms with van der Waals surface area (Å²) < 4.78 is 5.57. The molecule has 0 aliphatic carbocycles. The number of hydrogen-bond donors (Lipinski definition) is 0. The number of nitrogens with zero attached hydrogens (tertiary/aromatic N) is 3. The third kappa shape index (κ3) is 6.00. The molecule has 0 atom stereocenters. The number of rotatable bonds is 8. The molecule has 0 saturated carbocycles. The summed E-state index contributed by atoms with van der Waals surface area (Å²) in [6.45, 7) is 6.86. The summed E-state index contributed by atoms with van der Waals surface area (Å²) in [7, 11) is 0. The van der Waals surface area contributed by atoms with Crippen LogP contribution < -0.4 is 4.74 Å². The Morgan fingerprint density at radius 1 is 1.22 bits per heavy atom. The second-order valence-electron chi connectivity index (χ2n) is 5.66. The minimum atomic E-state index is -0.207. The molecule has 0 N–H and O–H groups in total. The highest BCUT2D eigenvalue weighted by atomic mass is 16.5. The molecular weight excluding hydrogens is 290 g/mol. The lowest BCUT2D eigenvalue weighted by molar-refractivity contribution is -0.133. The first-order valence-corrected chi connectivity index (χ1v) is 7.74. The van der Waals surface area contributed by atoms with Crippen molar-refractivity contribution in [2.75, 3.05) is 19.7 Å². The third-order valence-electron chi connectivity index (χ3n) is 3.57. The SMILES string of the molecule is Cc1cc(OCC(=O)N(CCC#N)CCC#N)ccc1C(C)C. The molecule has 0 aliphatic rings. The highest BCUT2D eigenvalue weighted by Crippen LogP contribution is 2.23. The average molecular weight is 313 g/mol. The second-order valence-corrected chi connectivity index (χ2v) is 5.66. The summed E-state index contributed by atoms with van der Waals surface area (Å²) in [5.74, 6) is 0.889. The fourth-order valence-electron chi connectivity index (χ4n) is 2.35. The quantitative estimate of drug-likeness (QED) is 0.738. The van der Waals surface area contributed by atoms with Gasteiger partial charge in [-0.15, -0.1) is 0 Å². The highest BCUT2D eigenvalue weighted by molar-refractivity contribution is 5.77. The molecule has 23 heavy (non-hydrogen) atoms. The van der Waals surface area contributed by atoms with E-state index in [4.69, 9.17) is 15.3 Å². The van der Waals surface area contributed by atoms with E-state index in [0.717, 1.165) is 5.56 Å². The van der Waals surface area contributed by atoms with Crippen LogP contribution in [0.1, 0.15) is 43.7 Å². The molecule has 1 amide bonds. The van der Waals surface area contributed by atoms with Gasteiger partial charge in [0.1, 0.15) is 5.75 Å². The largest absolute Gasteiger partial charge is 0.484 e. The molecule has 0 aromatic heterocycles. The summed E-state index contributed by atoms with van der Waals surface area (Å²) in [6, 6.07) is 9.83. The van der Waals surface area contributed by atoms with Gasteiger partial charge in [0.05, 0.1) is 25.0 Å². The van der Waals surface area contributed by atoms with Gasteiger partial charge in [-0.1, -0.05) is 19.9 Å². The zero-order valence-electron chi connectivity index (χ0n) is 14.0. The van der Waals surface area contributed by atoms with E-state index < -0.39 is 0 Å². The van der Waals surface area contributed by atoms with E-state index in [0.29, 0.717) is 24.8 Å². The van der Waals surface area contributed by atoms with Crippen molar-refractivity contribution in [2.45, 2.75) is 39.5 Å². The third-order valence-corrected chi connectivity index (χ3v) is 3.57. The second kappa shape index (κ2) is 9.48. The molecule has 0 unspecified atom stereocenters. The number of carbonyl (C=O) groups excluding carboxylic acids is 1. The maximum atomic E-state index is 12.2. The number of aryl methyl sites for hydroxylation is 1. The predicted octanol–water partition coefficient (Wildman–Crippen LogP) is 3.15. The summed E-state index contributed by atoms with van der Waals surface area (Å²) >= 11 is 0. The maximum absolute atomic E-state index is 12.2. The number of carbonyl (C=O) groups is 1. The van der Waals surface area contributed by atoms with Crippen molar-refractivity contribution in [1.82, 2.24) is 4.90 Å². The first kappa shape index (κ1) is 18.5. The number of benzene rings is 1. The van der Waals surface area contributed by atoms with E-state index >= 15 is 0 Å². The van der Waals surface area contributed by atoms with Gasteiger partial charge in [-0.3, -0.25) is 4.79 Å². The van der Waals surface area contributed by atoms with Gasteiger partial charge < -0.3 is 9.64 Å². The van der Waals surface area contributed by atoms with Crippen LogP contribution in [-0.2, 0) is 4.79 Å². The number of hydrogen-bond acceptors (Lipinski definition) is 4. The molecule has 1 rings (SSSR count). The van der Waals surface area contributed by atoms with E-state index in [2.05, 4.69) is 13.8 Å². The standard InChI is InChI=1S/C18H23N3O2/c1-14(2)17-7-6-16(12-15(17)3)23-13-18(22)21(10-4-8-19)11-5-9-20/h6-7,12,14H,4-5,10-11,13H2,1-3H3. The molecular formula is C18H23N3O2. The van der Waals surface area contributed by atoms with E-state index in [1.54, 1.807) is 0 Å². The predicted molar refractivity (Wildman–Crippen MR) is 87.8 cm³/mol. The van der Waals surface area contributed by atoms with Gasteiger partial charge in [0, 0.05) is 13.1 Å². The van der Waals surface area contributed by atoms with Crippen molar-refractivity contribution in [3.63, 3.8) is 0 Å². The number of nitriles is 2. The summed E-state index contributed by atoms with van der Waals surface area (Å²) in [6.07, 6.45) is 0.499. The van der Waals surface area contributed by atoms with Gasteiger partial charge >= 0.3 is 0 Å². The van der Waals surface area contributed by atoms with Crippen LogP contribution >= 0.6 is 0 Å². The molecule has 122 valence electrons. The molecule has 1 aromatic carbocycles. The van der Waals surface area contributed by atoms with Crippen LogP contribution in [0.3, 0.4) is 0 Å². The molecule has 5 nitrogen and oxygen atoms in total.